The van der Waals surface area contributed by atoms with E-state index in [0.29, 0.717) is 6.54 Å². The van der Waals surface area contributed by atoms with Gasteiger partial charge in [-0.25, -0.2) is 0 Å². The van der Waals surface area contributed by atoms with Crippen LogP contribution in [0.5, 0.6) is 5.75 Å². The van der Waals surface area contributed by atoms with Gasteiger partial charge in [0, 0.05) is 13.1 Å². The number of rotatable bonds is 5. The van der Waals surface area contributed by atoms with E-state index in [0.717, 1.165) is 12.3 Å². The molecule has 0 fully saturated rings. The molecular weight excluding hydrogens is 202 g/mol. The molecule has 0 heterocycles. The highest BCUT2D eigenvalue weighted by molar-refractivity contribution is 5.27. The minimum absolute atomic E-state index is 0.652. The van der Waals surface area contributed by atoms with Crippen LogP contribution >= 0.6 is 0 Å². The quantitative estimate of drug-likeness (QED) is 0.827. The molecule has 1 aromatic rings. The Bertz CT molecular complexity index is 314. The monoisotopic (exact) mass is 223 g/mol. The summed E-state index contributed by atoms with van der Waals surface area (Å²) in [5.41, 5.74) is 0.564. The van der Waals surface area contributed by atoms with Crippen molar-refractivity contribution in [3.05, 3.63) is 29.8 Å². The molecule has 0 saturated carbocycles. The van der Waals surface area contributed by atoms with Crippen LogP contribution in [-0.2, 0) is 6.54 Å². The zero-order valence-electron chi connectivity index (χ0n) is 10.5. The smallest absolute Gasteiger partial charge is 0.118 e. The maximum absolute atomic E-state index is 9.69. The summed E-state index contributed by atoms with van der Waals surface area (Å²) in [7, 11) is 3.66. The number of benzene rings is 1. The van der Waals surface area contributed by atoms with Crippen molar-refractivity contribution in [2.75, 3.05) is 20.7 Å². The summed E-state index contributed by atoms with van der Waals surface area (Å²) in [5.74, 6) is 0.869. The van der Waals surface area contributed by atoms with E-state index < -0.39 is 5.60 Å². The normalized spacial score (nSPS) is 11.9. The van der Waals surface area contributed by atoms with Crippen LogP contribution in [0.4, 0.5) is 0 Å². The van der Waals surface area contributed by atoms with Crippen LogP contribution in [0.2, 0.25) is 0 Å². The number of hydrogen-bond donors (Lipinski definition) is 1. The second-order valence-electron chi connectivity index (χ2n) is 4.83. The first-order valence-electron chi connectivity index (χ1n) is 5.44. The molecular formula is C13H21NO2. The Labute approximate surface area is 97.7 Å². The Balaban J connectivity index is 2.53. The van der Waals surface area contributed by atoms with E-state index in [4.69, 9.17) is 4.74 Å². The molecule has 3 heteroatoms. The van der Waals surface area contributed by atoms with Gasteiger partial charge in [0.1, 0.15) is 5.75 Å². The van der Waals surface area contributed by atoms with Crippen LogP contribution in [0.1, 0.15) is 19.4 Å². The van der Waals surface area contributed by atoms with Gasteiger partial charge >= 0.3 is 0 Å². The summed E-state index contributed by atoms with van der Waals surface area (Å²) < 4.78 is 5.10. The molecule has 90 valence electrons. The van der Waals surface area contributed by atoms with E-state index in [1.165, 1.54) is 5.56 Å². The molecule has 1 rings (SSSR count). The lowest BCUT2D eigenvalue weighted by atomic mass is 10.1. The van der Waals surface area contributed by atoms with Crippen molar-refractivity contribution in [1.82, 2.24) is 4.90 Å². The highest BCUT2D eigenvalue weighted by Crippen LogP contribution is 2.13. The summed E-state index contributed by atoms with van der Waals surface area (Å²) in [6, 6.07) is 7.99. The summed E-state index contributed by atoms with van der Waals surface area (Å²) in [6.45, 7) is 5.11. The van der Waals surface area contributed by atoms with Crippen molar-refractivity contribution in [1.29, 1.82) is 0 Å². The van der Waals surface area contributed by atoms with Crippen molar-refractivity contribution in [2.24, 2.45) is 0 Å². The van der Waals surface area contributed by atoms with Crippen LogP contribution in [0.25, 0.3) is 0 Å². The molecule has 1 aromatic carbocycles. The molecule has 0 saturated heterocycles. The van der Waals surface area contributed by atoms with Gasteiger partial charge in [-0.1, -0.05) is 12.1 Å². The van der Waals surface area contributed by atoms with E-state index in [-0.39, 0.29) is 0 Å². The predicted octanol–water partition coefficient (Wildman–Crippen LogP) is 1.90. The fourth-order valence-electron chi connectivity index (χ4n) is 1.76. The molecule has 0 unspecified atom stereocenters. The SMILES string of the molecule is COc1ccc(CN(C)CC(C)(C)O)cc1. The van der Waals surface area contributed by atoms with Crippen molar-refractivity contribution in [3.63, 3.8) is 0 Å². The van der Waals surface area contributed by atoms with Crippen LogP contribution in [0, 0.1) is 0 Å². The molecule has 0 aliphatic carbocycles. The Kier molecular flexibility index (Phi) is 4.33. The third kappa shape index (κ3) is 4.64. The second-order valence-corrected chi connectivity index (χ2v) is 4.83. The Morgan fingerprint density at radius 2 is 1.81 bits per heavy atom. The van der Waals surface area contributed by atoms with E-state index in [9.17, 15) is 5.11 Å². The maximum Gasteiger partial charge on any atom is 0.118 e. The largest absolute Gasteiger partial charge is 0.497 e. The highest BCUT2D eigenvalue weighted by Gasteiger charge is 2.15. The fourth-order valence-corrected chi connectivity index (χ4v) is 1.76. The molecule has 0 aliphatic rings. The van der Waals surface area contributed by atoms with Gasteiger partial charge in [0.05, 0.1) is 12.7 Å². The first kappa shape index (κ1) is 13.0. The number of likely N-dealkylation sites (N-methyl/N-ethyl adjacent to an activating group) is 1. The molecule has 0 amide bonds. The van der Waals surface area contributed by atoms with Gasteiger partial charge in [0.2, 0.25) is 0 Å². The molecule has 16 heavy (non-hydrogen) atoms. The standard InChI is InChI=1S/C13H21NO2/c1-13(2,15)10-14(3)9-11-5-7-12(16-4)8-6-11/h5-8,15H,9-10H2,1-4H3. The van der Waals surface area contributed by atoms with Gasteiger partial charge in [0.25, 0.3) is 0 Å². The topological polar surface area (TPSA) is 32.7 Å². The van der Waals surface area contributed by atoms with Gasteiger partial charge in [-0.15, -0.1) is 0 Å². The van der Waals surface area contributed by atoms with E-state index in [1.807, 2.05) is 45.2 Å². The summed E-state index contributed by atoms with van der Waals surface area (Å²) in [5, 5.41) is 9.69. The van der Waals surface area contributed by atoms with E-state index in [2.05, 4.69) is 4.90 Å². The molecule has 0 spiro atoms. The molecule has 0 atom stereocenters. The van der Waals surface area contributed by atoms with Crippen molar-refractivity contribution >= 4 is 0 Å². The number of hydrogen-bond acceptors (Lipinski definition) is 3. The van der Waals surface area contributed by atoms with Gasteiger partial charge < -0.3 is 9.84 Å². The number of nitrogens with zero attached hydrogens (tertiary/aromatic N) is 1. The fraction of sp³-hybridized carbons (Fsp3) is 0.538. The number of ether oxygens (including phenoxy) is 1. The average molecular weight is 223 g/mol. The summed E-state index contributed by atoms with van der Waals surface area (Å²) >= 11 is 0. The van der Waals surface area contributed by atoms with Crippen LogP contribution in [0.15, 0.2) is 24.3 Å². The van der Waals surface area contributed by atoms with Crippen molar-refractivity contribution in [3.8, 4) is 5.75 Å². The summed E-state index contributed by atoms with van der Waals surface area (Å²) in [6.07, 6.45) is 0. The molecule has 0 radical (unpaired) electrons. The van der Waals surface area contributed by atoms with E-state index >= 15 is 0 Å². The average Bonchev–Trinajstić information content (AvgIpc) is 2.16. The van der Waals surface area contributed by atoms with E-state index in [1.54, 1.807) is 7.11 Å². The van der Waals surface area contributed by atoms with Crippen LogP contribution < -0.4 is 4.74 Å². The first-order chi connectivity index (χ1) is 7.40. The van der Waals surface area contributed by atoms with Crippen molar-refractivity contribution < 1.29 is 9.84 Å². The Morgan fingerprint density at radius 3 is 2.25 bits per heavy atom. The minimum atomic E-state index is -0.652. The molecule has 1 N–H and O–H groups in total. The van der Waals surface area contributed by atoms with Crippen molar-refractivity contribution in [2.45, 2.75) is 26.0 Å². The Hall–Kier alpha value is -1.06. The van der Waals surface area contributed by atoms with Gasteiger partial charge in [-0.2, -0.15) is 0 Å². The molecule has 0 aromatic heterocycles. The third-order valence-corrected chi connectivity index (χ3v) is 2.27. The highest BCUT2D eigenvalue weighted by atomic mass is 16.5. The van der Waals surface area contributed by atoms with Gasteiger partial charge in [-0.05, 0) is 38.6 Å². The molecule has 0 bridgehead atoms. The number of methoxy groups -OCH3 is 1. The lowest BCUT2D eigenvalue weighted by Gasteiger charge is -2.25. The maximum atomic E-state index is 9.69. The second kappa shape index (κ2) is 5.32. The predicted molar refractivity (Wildman–Crippen MR) is 65.6 cm³/mol. The zero-order valence-corrected chi connectivity index (χ0v) is 10.5. The third-order valence-electron chi connectivity index (χ3n) is 2.27. The first-order valence-corrected chi connectivity index (χ1v) is 5.44. The lowest BCUT2D eigenvalue weighted by Crippen LogP contribution is -2.35. The van der Waals surface area contributed by atoms with Crippen LogP contribution in [0.3, 0.4) is 0 Å². The van der Waals surface area contributed by atoms with Crippen LogP contribution in [-0.4, -0.2) is 36.3 Å². The minimum Gasteiger partial charge on any atom is -0.497 e. The lowest BCUT2D eigenvalue weighted by molar-refractivity contribution is 0.0425. The molecule has 3 nitrogen and oxygen atoms in total. The molecule has 0 aliphatic heterocycles. The summed E-state index contributed by atoms with van der Waals surface area (Å²) in [4.78, 5) is 2.10. The Morgan fingerprint density at radius 1 is 1.25 bits per heavy atom. The number of aliphatic hydroxyl groups is 1. The zero-order chi connectivity index (χ0) is 12.2. The van der Waals surface area contributed by atoms with Gasteiger partial charge in [-0.3, -0.25) is 4.90 Å². The van der Waals surface area contributed by atoms with Gasteiger partial charge in [0.15, 0.2) is 0 Å².